The van der Waals surface area contributed by atoms with Crippen LogP contribution in [0.5, 0.6) is 0 Å². The van der Waals surface area contributed by atoms with E-state index in [0.29, 0.717) is 12.8 Å². The Morgan fingerprint density at radius 3 is 1.08 bits per heavy atom. The summed E-state index contributed by atoms with van der Waals surface area (Å²) in [5.41, 5.74) is 0. The summed E-state index contributed by atoms with van der Waals surface area (Å²) in [4.78, 5) is 13.5. The third kappa shape index (κ3) is 40.9. The van der Waals surface area contributed by atoms with Crippen LogP contribution in [0.4, 0.5) is 0 Å². The van der Waals surface area contributed by atoms with E-state index in [9.17, 15) is 61.0 Å². The van der Waals surface area contributed by atoms with E-state index in [2.05, 4.69) is 79.9 Å². The van der Waals surface area contributed by atoms with Crippen molar-refractivity contribution >= 4 is 5.91 Å². The van der Waals surface area contributed by atoms with Gasteiger partial charge in [0, 0.05) is 6.42 Å². The van der Waals surface area contributed by atoms with Gasteiger partial charge in [0.15, 0.2) is 18.9 Å². The van der Waals surface area contributed by atoms with Gasteiger partial charge >= 0.3 is 0 Å². The first-order valence-corrected chi connectivity index (χ1v) is 39.7. The highest BCUT2D eigenvalue weighted by molar-refractivity contribution is 5.76. The molecule has 12 N–H and O–H groups in total. The van der Waals surface area contributed by atoms with Gasteiger partial charge in [0.1, 0.15) is 73.2 Å². The zero-order valence-corrected chi connectivity index (χ0v) is 61.5. The summed E-state index contributed by atoms with van der Waals surface area (Å²) in [6.07, 6.45) is 51.7. The van der Waals surface area contributed by atoms with E-state index >= 15 is 0 Å². The van der Waals surface area contributed by atoms with Gasteiger partial charge in [0.05, 0.1) is 38.6 Å². The molecule has 3 saturated heterocycles. The Bertz CT molecular complexity index is 2070. The van der Waals surface area contributed by atoms with Gasteiger partial charge in [-0.15, -0.1) is 0 Å². The molecule has 3 heterocycles. The van der Waals surface area contributed by atoms with Crippen LogP contribution in [0.1, 0.15) is 296 Å². The van der Waals surface area contributed by atoms with Crippen molar-refractivity contribution in [2.45, 2.75) is 401 Å². The molecule has 0 bridgehead atoms. The van der Waals surface area contributed by atoms with E-state index in [1.807, 2.05) is 6.08 Å². The van der Waals surface area contributed by atoms with Crippen LogP contribution < -0.4 is 5.32 Å². The molecule has 576 valence electrons. The highest BCUT2D eigenvalue weighted by atomic mass is 16.8. The molecule has 19 nitrogen and oxygen atoms in total. The lowest BCUT2D eigenvalue weighted by molar-refractivity contribution is -0.379. The van der Waals surface area contributed by atoms with E-state index in [1.54, 1.807) is 6.08 Å². The van der Waals surface area contributed by atoms with E-state index < -0.39 is 124 Å². The first kappa shape index (κ1) is 90.4. The number of carbonyl (C=O) groups is 1. The van der Waals surface area contributed by atoms with Crippen LogP contribution in [0.15, 0.2) is 72.9 Å². The van der Waals surface area contributed by atoms with Crippen molar-refractivity contribution in [2.24, 2.45) is 0 Å². The van der Waals surface area contributed by atoms with Crippen molar-refractivity contribution in [2.75, 3.05) is 26.4 Å². The summed E-state index contributed by atoms with van der Waals surface area (Å²) in [5, 5.41) is 121. The second kappa shape index (κ2) is 60.5. The smallest absolute Gasteiger partial charge is 0.220 e. The number of hydrogen-bond acceptors (Lipinski definition) is 18. The highest BCUT2D eigenvalue weighted by Gasteiger charge is 2.53. The van der Waals surface area contributed by atoms with Gasteiger partial charge < -0.3 is 89.9 Å². The maximum atomic E-state index is 13.5. The molecule has 17 atom stereocenters. The molecule has 3 aliphatic heterocycles. The van der Waals surface area contributed by atoms with E-state index in [4.69, 9.17) is 28.4 Å². The lowest BCUT2D eigenvalue weighted by Gasteiger charge is -2.48. The predicted octanol–water partition coefficient (Wildman–Crippen LogP) is 12.8. The maximum Gasteiger partial charge on any atom is 0.220 e. The Morgan fingerprint density at radius 2 is 0.677 bits per heavy atom. The summed E-state index contributed by atoms with van der Waals surface area (Å²) in [5.74, 6) is -0.289. The SMILES string of the molecule is CCCCCCC/C=C\C/C=C\C/C=C\CCCCCCCCCCCCCCCCC(=O)NC(COC1OC(CO)C(OC2OC(CO)C(OC3OC(CO)C(O)C(O)C3O)C(O)C2O)C(O)C1O)C(O)/C=C/CC/C=C/CC/C=C/CCCCCCCCCCCCCCCCC. The van der Waals surface area contributed by atoms with E-state index in [0.717, 1.165) is 57.8 Å². The molecule has 0 spiro atoms. The molecule has 0 saturated carbocycles. The van der Waals surface area contributed by atoms with Crippen LogP contribution in [-0.4, -0.2) is 193 Å². The third-order valence-electron chi connectivity index (χ3n) is 19.5. The molecule has 1 amide bonds. The predicted molar refractivity (Wildman–Crippen MR) is 392 cm³/mol. The number of aliphatic hydroxyl groups excluding tert-OH is 11. The van der Waals surface area contributed by atoms with Crippen molar-refractivity contribution < 1.29 is 89.4 Å². The fourth-order valence-corrected chi connectivity index (χ4v) is 13.1. The number of carbonyl (C=O) groups excluding carboxylic acids is 1. The fraction of sp³-hybridized carbons (Fsp3) is 0.838. The molecule has 0 aromatic carbocycles. The number of aliphatic hydroxyl groups is 11. The summed E-state index contributed by atoms with van der Waals surface area (Å²) in [6, 6.07) is -1.00. The van der Waals surface area contributed by atoms with Gasteiger partial charge in [-0.2, -0.15) is 0 Å². The first-order chi connectivity index (χ1) is 48.3. The lowest BCUT2D eigenvalue weighted by atomic mass is 9.96. The molecule has 99 heavy (non-hydrogen) atoms. The Morgan fingerprint density at radius 1 is 0.364 bits per heavy atom. The largest absolute Gasteiger partial charge is 0.394 e. The van der Waals surface area contributed by atoms with Gasteiger partial charge in [-0.05, 0) is 83.5 Å². The highest BCUT2D eigenvalue weighted by Crippen LogP contribution is 2.33. The summed E-state index contributed by atoms with van der Waals surface area (Å²) >= 11 is 0. The topological polar surface area (TPSA) is 307 Å². The second-order valence-electron chi connectivity index (χ2n) is 28.2. The van der Waals surface area contributed by atoms with E-state index in [1.165, 1.54) is 205 Å². The minimum atomic E-state index is -1.99. The molecule has 3 aliphatic rings. The van der Waals surface area contributed by atoms with Crippen molar-refractivity contribution in [3.05, 3.63) is 72.9 Å². The summed E-state index contributed by atoms with van der Waals surface area (Å²) in [7, 11) is 0. The van der Waals surface area contributed by atoms with Crippen LogP contribution in [0, 0.1) is 0 Å². The van der Waals surface area contributed by atoms with Crippen LogP contribution in [0.2, 0.25) is 0 Å². The Balaban J connectivity index is 1.40. The number of hydrogen-bond donors (Lipinski definition) is 12. The summed E-state index contributed by atoms with van der Waals surface area (Å²) < 4.78 is 34.4. The zero-order chi connectivity index (χ0) is 71.8. The molecule has 17 unspecified atom stereocenters. The number of unbranched alkanes of at least 4 members (excludes halogenated alkanes) is 36. The van der Waals surface area contributed by atoms with Crippen LogP contribution in [-0.2, 0) is 33.2 Å². The number of rotatable bonds is 62. The molecule has 0 aromatic heterocycles. The molecule has 0 radical (unpaired) electrons. The number of nitrogens with one attached hydrogen (secondary N) is 1. The van der Waals surface area contributed by atoms with Crippen molar-refractivity contribution in [1.82, 2.24) is 5.32 Å². The van der Waals surface area contributed by atoms with Crippen LogP contribution in [0.3, 0.4) is 0 Å². The number of ether oxygens (including phenoxy) is 6. The van der Waals surface area contributed by atoms with E-state index in [-0.39, 0.29) is 18.9 Å². The lowest BCUT2D eigenvalue weighted by Crippen LogP contribution is -2.66. The van der Waals surface area contributed by atoms with Crippen molar-refractivity contribution in [3.8, 4) is 0 Å². The normalized spacial score (nSPS) is 27.0. The van der Waals surface area contributed by atoms with Crippen LogP contribution in [0.25, 0.3) is 0 Å². The molecule has 3 fully saturated rings. The standard InChI is InChI=1S/C80H143NO18/c1-3-5-7-9-11-13-15-17-19-21-23-25-27-29-30-31-32-34-36-38-40-42-44-46-48-50-52-54-56-58-68(86)81-63(64(85)57-55-53-51-49-47-45-43-41-39-37-35-33-28-26-24-22-20-18-16-14-12-10-8-6-4-2)62-94-78-74(92)71(89)76(66(60-83)96-78)99-80-75(93)72(90)77(67(61-84)97-80)98-79-73(91)70(88)69(87)65(59-82)95-79/h15,17,21,23,27,29,39,41,47,49,55,57,63-67,69-80,82-85,87-93H,3-14,16,18-20,22,24-26,28,30-38,40,42-46,48,50-54,56,58-62H2,1-2H3,(H,81,86)/b17-15-,23-21-,29-27-,41-39+,49-47+,57-55+. The quantitative estimate of drug-likeness (QED) is 0.0199. The maximum absolute atomic E-state index is 13.5. The molecular weight excluding hydrogens is 1260 g/mol. The van der Waals surface area contributed by atoms with Gasteiger partial charge in [-0.1, -0.05) is 279 Å². The minimum absolute atomic E-state index is 0.229. The average molecular weight is 1410 g/mol. The second-order valence-corrected chi connectivity index (χ2v) is 28.2. The van der Waals surface area contributed by atoms with Gasteiger partial charge in [-0.3, -0.25) is 4.79 Å². The van der Waals surface area contributed by atoms with Crippen molar-refractivity contribution in [1.29, 1.82) is 0 Å². The van der Waals surface area contributed by atoms with Gasteiger partial charge in [0.25, 0.3) is 0 Å². The Labute approximate surface area is 598 Å². The molecule has 19 heteroatoms. The van der Waals surface area contributed by atoms with Gasteiger partial charge in [0.2, 0.25) is 5.91 Å². The zero-order valence-electron chi connectivity index (χ0n) is 61.5. The summed E-state index contributed by atoms with van der Waals surface area (Å²) in [6.45, 7) is 1.73. The average Bonchev–Trinajstić information content (AvgIpc) is 0.785. The number of amides is 1. The molecule has 3 rings (SSSR count). The molecule has 0 aromatic rings. The monoisotopic (exact) mass is 1410 g/mol. The fourth-order valence-electron chi connectivity index (χ4n) is 13.1. The van der Waals surface area contributed by atoms with Crippen LogP contribution >= 0.6 is 0 Å². The minimum Gasteiger partial charge on any atom is -0.394 e. The molecular formula is C80H143NO18. The van der Waals surface area contributed by atoms with Crippen molar-refractivity contribution in [3.63, 3.8) is 0 Å². The van der Waals surface area contributed by atoms with Gasteiger partial charge in [-0.25, -0.2) is 0 Å². The third-order valence-corrected chi connectivity index (χ3v) is 19.5. The molecule has 0 aliphatic carbocycles. The first-order valence-electron chi connectivity index (χ1n) is 39.7. The Hall–Kier alpha value is -2.77. The Kier molecular flexibility index (Phi) is 55.3. The number of allylic oxidation sites excluding steroid dienone is 11.